The fourth-order valence-corrected chi connectivity index (χ4v) is 1.41. The van der Waals surface area contributed by atoms with Crippen LogP contribution in [0.5, 0.6) is 0 Å². The predicted octanol–water partition coefficient (Wildman–Crippen LogP) is 0.302. The predicted molar refractivity (Wildman–Crippen MR) is 59.3 cm³/mol. The van der Waals surface area contributed by atoms with Crippen LogP contribution in [0.2, 0.25) is 0 Å². The van der Waals surface area contributed by atoms with Gasteiger partial charge in [0, 0.05) is 19.6 Å². The second-order valence-corrected chi connectivity index (χ2v) is 3.88. The number of hydrogen-bond donors (Lipinski definition) is 2. The molecule has 0 aliphatic heterocycles. The SMILES string of the molecule is CC(CN)Nc1cnn(C)c(=O)c1Br. The summed E-state index contributed by atoms with van der Waals surface area (Å²) in [5, 5.41) is 6.98. The summed E-state index contributed by atoms with van der Waals surface area (Å²) in [5.41, 5.74) is 5.96. The highest BCUT2D eigenvalue weighted by atomic mass is 79.9. The van der Waals surface area contributed by atoms with E-state index < -0.39 is 0 Å². The zero-order valence-electron chi connectivity index (χ0n) is 8.12. The Kier molecular flexibility index (Phi) is 3.65. The quantitative estimate of drug-likeness (QED) is 0.820. The van der Waals surface area contributed by atoms with Gasteiger partial charge in [-0.1, -0.05) is 0 Å². The Morgan fingerprint density at radius 2 is 2.43 bits per heavy atom. The molecule has 78 valence electrons. The second-order valence-electron chi connectivity index (χ2n) is 3.08. The summed E-state index contributed by atoms with van der Waals surface area (Å²) in [7, 11) is 1.60. The Labute approximate surface area is 90.4 Å². The van der Waals surface area contributed by atoms with Crippen LogP contribution in [0.25, 0.3) is 0 Å². The molecule has 1 rings (SSSR count). The number of aromatic nitrogens is 2. The summed E-state index contributed by atoms with van der Waals surface area (Å²) in [6.07, 6.45) is 1.59. The number of rotatable bonds is 3. The third kappa shape index (κ3) is 2.33. The number of anilines is 1. The van der Waals surface area contributed by atoms with Gasteiger partial charge in [-0.05, 0) is 22.9 Å². The van der Waals surface area contributed by atoms with E-state index in [1.54, 1.807) is 13.2 Å². The van der Waals surface area contributed by atoms with E-state index in [1.165, 1.54) is 4.68 Å². The van der Waals surface area contributed by atoms with Gasteiger partial charge in [-0.15, -0.1) is 0 Å². The lowest BCUT2D eigenvalue weighted by atomic mass is 10.3. The van der Waals surface area contributed by atoms with Crippen molar-refractivity contribution in [3.8, 4) is 0 Å². The van der Waals surface area contributed by atoms with E-state index in [0.717, 1.165) is 0 Å². The largest absolute Gasteiger partial charge is 0.379 e. The van der Waals surface area contributed by atoms with Crippen LogP contribution in [0.4, 0.5) is 5.69 Å². The lowest BCUT2D eigenvalue weighted by Crippen LogP contribution is -2.28. The minimum Gasteiger partial charge on any atom is -0.379 e. The van der Waals surface area contributed by atoms with E-state index in [9.17, 15) is 4.79 Å². The summed E-state index contributed by atoms with van der Waals surface area (Å²) >= 11 is 3.21. The molecule has 6 heteroatoms. The summed E-state index contributed by atoms with van der Waals surface area (Å²) in [4.78, 5) is 11.4. The van der Waals surface area contributed by atoms with Crippen LogP contribution in [0.1, 0.15) is 6.92 Å². The van der Waals surface area contributed by atoms with Crippen LogP contribution in [-0.4, -0.2) is 22.4 Å². The van der Waals surface area contributed by atoms with Gasteiger partial charge in [0.1, 0.15) is 4.47 Å². The van der Waals surface area contributed by atoms with Crippen LogP contribution in [-0.2, 0) is 7.05 Å². The van der Waals surface area contributed by atoms with Gasteiger partial charge in [-0.25, -0.2) is 4.68 Å². The Balaban J connectivity index is 3.00. The average molecular weight is 261 g/mol. The highest BCUT2D eigenvalue weighted by molar-refractivity contribution is 9.10. The molecule has 0 radical (unpaired) electrons. The van der Waals surface area contributed by atoms with Crippen molar-refractivity contribution in [3.05, 3.63) is 21.0 Å². The first-order valence-electron chi connectivity index (χ1n) is 4.24. The van der Waals surface area contributed by atoms with Gasteiger partial charge in [0.2, 0.25) is 0 Å². The maximum absolute atomic E-state index is 11.4. The van der Waals surface area contributed by atoms with Crippen LogP contribution >= 0.6 is 15.9 Å². The van der Waals surface area contributed by atoms with Gasteiger partial charge in [0.05, 0.1) is 11.9 Å². The molecule has 0 amide bonds. The Morgan fingerprint density at radius 1 is 1.79 bits per heavy atom. The van der Waals surface area contributed by atoms with Crippen LogP contribution in [0.15, 0.2) is 15.5 Å². The Bertz CT molecular complexity index is 376. The molecule has 1 unspecified atom stereocenters. The molecule has 0 spiro atoms. The van der Waals surface area contributed by atoms with Crippen LogP contribution in [0.3, 0.4) is 0 Å². The summed E-state index contributed by atoms with van der Waals surface area (Å²) in [6.45, 7) is 2.44. The maximum atomic E-state index is 11.4. The number of aryl methyl sites for hydroxylation is 1. The molecule has 1 heterocycles. The van der Waals surface area contributed by atoms with E-state index in [0.29, 0.717) is 16.7 Å². The highest BCUT2D eigenvalue weighted by Crippen LogP contribution is 2.16. The molecule has 14 heavy (non-hydrogen) atoms. The number of nitrogens with two attached hydrogens (primary N) is 1. The smallest absolute Gasteiger partial charge is 0.282 e. The monoisotopic (exact) mass is 260 g/mol. The minimum atomic E-state index is -0.167. The molecule has 3 N–H and O–H groups in total. The fourth-order valence-electron chi connectivity index (χ4n) is 0.936. The number of nitrogens with one attached hydrogen (secondary N) is 1. The van der Waals surface area contributed by atoms with Gasteiger partial charge in [0.25, 0.3) is 5.56 Å². The Morgan fingerprint density at radius 3 is 3.00 bits per heavy atom. The first-order chi connectivity index (χ1) is 6.56. The van der Waals surface area contributed by atoms with Crippen molar-refractivity contribution in [1.82, 2.24) is 9.78 Å². The molecule has 0 aliphatic rings. The van der Waals surface area contributed by atoms with Crippen molar-refractivity contribution in [2.45, 2.75) is 13.0 Å². The minimum absolute atomic E-state index is 0.111. The molecule has 1 atom stereocenters. The topological polar surface area (TPSA) is 72.9 Å². The second kappa shape index (κ2) is 4.56. The van der Waals surface area contributed by atoms with Gasteiger partial charge >= 0.3 is 0 Å². The molecular formula is C8H13BrN4O. The van der Waals surface area contributed by atoms with Gasteiger partial charge < -0.3 is 11.1 Å². The molecule has 0 aromatic carbocycles. The molecule has 0 aliphatic carbocycles. The van der Waals surface area contributed by atoms with Crippen LogP contribution < -0.4 is 16.6 Å². The molecule has 5 nitrogen and oxygen atoms in total. The van der Waals surface area contributed by atoms with Crippen molar-refractivity contribution in [2.75, 3.05) is 11.9 Å². The highest BCUT2D eigenvalue weighted by Gasteiger charge is 2.08. The zero-order valence-corrected chi connectivity index (χ0v) is 9.71. The maximum Gasteiger partial charge on any atom is 0.282 e. The van der Waals surface area contributed by atoms with Gasteiger partial charge in [0.15, 0.2) is 0 Å². The van der Waals surface area contributed by atoms with E-state index in [2.05, 4.69) is 26.3 Å². The van der Waals surface area contributed by atoms with Gasteiger partial charge in [-0.3, -0.25) is 4.79 Å². The van der Waals surface area contributed by atoms with Crippen molar-refractivity contribution >= 4 is 21.6 Å². The Hall–Kier alpha value is -0.880. The first kappa shape index (κ1) is 11.2. The number of hydrogen-bond acceptors (Lipinski definition) is 4. The third-order valence-corrected chi connectivity index (χ3v) is 2.60. The fraction of sp³-hybridized carbons (Fsp3) is 0.500. The third-order valence-electron chi connectivity index (χ3n) is 1.83. The van der Waals surface area contributed by atoms with Crippen molar-refractivity contribution < 1.29 is 0 Å². The molecule has 1 aromatic heterocycles. The molecule has 0 fully saturated rings. The zero-order chi connectivity index (χ0) is 10.7. The lowest BCUT2D eigenvalue weighted by molar-refractivity contribution is 0.699. The molecule has 1 aromatic rings. The molecule has 0 saturated heterocycles. The summed E-state index contributed by atoms with van der Waals surface area (Å²) < 4.78 is 1.75. The van der Waals surface area contributed by atoms with Gasteiger partial charge in [-0.2, -0.15) is 5.10 Å². The molecule has 0 bridgehead atoms. The van der Waals surface area contributed by atoms with E-state index >= 15 is 0 Å². The van der Waals surface area contributed by atoms with Crippen molar-refractivity contribution in [1.29, 1.82) is 0 Å². The van der Waals surface area contributed by atoms with E-state index in [4.69, 9.17) is 5.73 Å². The molecule has 0 saturated carbocycles. The standard InChI is InChI=1S/C8H13BrN4O/c1-5(3-10)12-6-4-11-13(2)8(14)7(6)9/h4-5,12H,3,10H2,1-2H3. The number of nitrogens with zero attached hydrogens (tertiary/aromatic N) is 2. The normalized spacial score (nSPS) is 12.6. The van der Waals surface area contributed by atoms with E-state index in [-0.39, 0.29) is 11.6 Å². The van der Waals surface area contributed by atoms with E-state index in [1.807, 2.05) is 6.92 Å². The average Bonchev–Trinajstić information content (AvgIpc) is 2.19. The molecular weight excluding hydrogens is 248 g/mol. The van der Waals surface area contributed by atoms with Crippen molar-refractivity contribution in [2.24, 2.45) is 12.8 Å². The summed E-state index contributed by atoms with van der Waals surface area (Å²) in [5.74, 6) is 0. The van der Waals surface area contributed by atoms with Crippen LogP contribution in [0, 0.1) is 0 Å². The lowest BCUT2D eigenvalue weighted by Gasteiger charge is -2.13. The van der Waals surface area contributed by atoms with Crippen molar-refractivity contribution in [3.63, 3.8) is 0 Å². The first-order valence-corrected chi connectivity index (χ1v) is 5.04. The number of halogens is 1. The summed E-state index contributed by atoms with van der Waals surface area (Å²) in [6, 6.07) is 0.111.